The first-order chi connectivity index (χ1) is 13.0. The van der Waals surface area contributed by atoms with E-state index < -0.39 is 0 Å². The number of thiocarbonyl (C=S) groups is 1. The van der Waals surface area contributed by atoms with Crippen molar-refractivity contribution in [3.05, 3.63) is 54.1 Å². The molecule has 1 unspecified atom stereocenters. The maximum Gasteiger partial charge on any atom is 0.257 e. The standard InChI is InChI=1S/C21H26N2O3S/c1-4-12-25-18-10-7-9-17(14-18)22-21(27)23-20(24)16-8-6-11-19(13-16)26-15(3)5-2/h6-11,13-15H,4-5,12H2,1-3H3,(H2,22,23,24,27). The first-order valence-electron chi connectivity index (χ1n) is 9.13. The summed E-state index contributed by atoms with van der Waals surface area (Å²) in [6, 6.07) is 14.5. The third-order valence-corrected chi connectivity index (χ3v) is 4.00. The van der Waals surface area contributed by atoms with Crippen molar-refractivity contribution in [3.63, 3.8) is 0 Å². The molecule has 1 amide bonds. The quantitative estimate of drug-likeness (QED) is 0.640. The molecule has 0 aliphatic heterocycles. The van der Waals surface area contributed by atoms with Crippen molar-refractivity contribution in [1.82, 2.24) is 5.32 Å². The molecule has 0 saturated heterocycles. The number of hydrogen-bond donors (Lipinski definition) is 2. The summed E-state index contributed by atoms with van der Waals surface area (Å²) in [5.41, 5.74) is 1.24. The molecule has 2 aromatic carbocycles. The molecule has 0 fully saturated rings. The first-order valence-corrected chi connectivity index (χ1v) is 9.54. The van der Waals surface area contributed by atoms with Crippen LogP contribution >= 0.6 is 12.2 Å². The van der Waals surface area contributed by atoms with E-state index in [0.29, 0.717) is 17.9 Å². The Morgan fingerprint density at radius 3 is 2.59 bits per heavy atom. The molecule has 6 heteroatoms. The first kappa shape index (κ1) is 20.7. The highest BCUT2D eigenvalue weighted by atomic mass is 32.1. The number of rotatable bonds is 8. The second kappa shape index (κ2) is 10.5. The van der Waals surface area contributed by atoms with Crippen molar-refractivity contribution < 1.29 is 14.3 Å². The van der Waals surface area contributed by atoms with Crippen molar-refractivity contribution in [2.75, 3.05) is 11.9 Å². The van der Waals surface area contributed by atoms with Gasteiger partial charge >= 0.3 is 0 Å². The van der Waals surface area contributed by atoms with Gasteiger partial charge in [-0.3, -0.25) is 10.1 Å². The van der Waals surface area contributed by atoms with E-state index in [0.717, 1.165) is 24.3 Å². The maximum absolute atomic E-state index is 12.4. The molecular weight excluding hydrogens is 360 g/mol. The van der Waals surface area contributed by atoms with Gasteiger partial charge in [-0.05, 0) is 62.3 Å². The van der Waals surface area contributed by atoms with Crippen molar-refractivity contribution in [2.24, 2.45) is 0 Å². The van der Waals surface area contributed by atoms with Gasteiger partial charge in [0.15, 0.2) is 5.11 Å². The fourth-order valence-electron chi connectivity index (χ4n) is 2.25. The Kier molecular flexibility index (Phi) is 8.07. The zero-order valence-corrected chi connectivity index (χ0v) is 16.8. The van der Waals surface area contributed by atoms with Crippen LogP contribution in [0.2, 0.25) is 0 Å². The predicted molar refractivity (Wildman–Crippen MR) is 113 cm³/mol. The van der Waals surface area contributed by atoms with Crippen LogP contribution in [0.4, 0.5) is 5.69 Å². The molecular formula is C21H26N2O3S. The van der Waals surface area contributed by atoms with Crippen LogP contribution < -0.4 is 20.1 Å². The summed E-state index contributed by atoms with van der Waals surface area (Å²) in [6.45, 7) is 6.74. The lowest BCUT2D eigenvalue weighted by molar-refractivity contribution is 0.0977. The highest BCUT2D eigenvalue weighted by molar-refractivity contribution is 7.80. The maximum atomic E-state index is 12.4. The molecule has 0 radical (unpaired) electrons. The smallest absolute Gasteiger partial charge is 0.257 e. The van der Waals surface area contributed by atoms with Crippen LogP contribution in [-0.2, 0) is 0 Å². The number of carbonyl (C=O) groups is 1. The van der Waals surface area contributed by atoms with E-state index in [1.165, 1.54) is 0 Å². The SMILES string of the molecule is CCCOc1cccc(NC(=S)NC(=O)c2cccc(OC(C)CC)c2)c1. The largest absolute Gasteiger partial charge is 0.494 e. The normalized spacial score (nSPS) is 11.4. The van der Waals surface area contributed by atoms with E-state index in [9.17, 15) is 4.79 Å². The molecule has 1 atom stereocenters. The van der Waals surface area contributed by atoms with Gasteiger partial charge in [0.25, 0.3) is 5.91 Å². The Morgan fingerprint density at radius 2 is 1.85 bits per heavy atom. The van der Waals surface area contributed by atoms with Crippen LogP contribution in [0.5, 0.6) is 11.5 Å². The van der Waals surface area contributed by atoms with Gasteiger partial charge in [0.1, 0.15) is 11.5 Å². The molecule has 0 bridgehead atoms. The van der Waals surface area contributed by atoms with E-state index in [1.54, 1.807) is 18.2 Å². The molecule has 0 heterocycles. The van der Waals surface area contributed by atoms with Gasteiger partial charge in [-0.15, -0.1) is 0 Å². The van der Waals surface area contributed by atoms with Crippen LogP contribution in [-0.4, -0.2) is 23.7 Å². The second-order valence-electron chi connectivity index (χ2n) is 6.15. The minimum absolute atomic E-state index is 0.0910. The van der Waals surface area contributed by atoms with Crippen LogP contribution in [0.15, 0.2) is 48.5 Å². The Bertz CT molecular complexity index is 780. The average molecular weight is 387 g/mol. The van der Waals surface area contributed by atoms with Crippen LogP contribution in [0, 0.1) is 0 Å². The summed E-state index contributed by atoms with van der Waals surface area (Å²) in [7, 11) is 0. The van der Waals surface area contributed by atoms with Gasteiger partial charge in [-0.2, -0.15) is 0 Å². The number of benzene rings is 2. The highest BCUT2D eigenvalue weighted by Crippen LogP contribution is 2.18. The zero-order valence-electron chi connectivity index (χ0n) is 16.0. The van der Waals surface area contributed by atoms with Crippen LogP contribution in [0.3, 0.4) is 0 Å². The lowest BCUT2D eigenvalue weighted by Gasteiger charge is -2.14. The van der Waals surface area contributed by atoms with Gasteiger partial charge in [0.2, 0.25) is 0 Å². The number of amides is 1. The van der Waals surface area contributed by atoms with Crippen molar-refractivity contribution in [2.45, 2.75) is 39.7 Å². The Labute approximate surface area is 166 Å². The average Bonchev–Trinajstić information content (AvgIpc) is 2.66. The Balaban J connectivity index is 1.95. The second-order valence-corrected chi connectivity index (χ2v) is 6.56. The summed E-state index contributed by atoms with van der Waals surface area (Å²) < 4.78 is 11.4. The number of anilines is 1. The molecule has 0 aromatic heterocycles. The van der Waals surface area contributed by atoms with E-state index in [-0.39, 0.29) is 17.1 Å². The third-order valence-electron chi connectivity index (χ3n) is 3.80. The van der Waals surface area contributed by atoms with Crippen LogP contribution in [0.1, 0.15) is 44.0 Å². The summed E-state index contributed by atoms with van der Waals surface area (Å²) in [4.78, 5) is 12.4. The molecule has 144 valence electrons. The predicted octanol–water partition coefficient (Wildman–Crippen LogP) is 4.78. The van der Waals surface area contributed by atoms with Crippen molar-refractivity contribution in [3.8, 4) is 11.5 Å². The van der Waals surface area contributed by atoms with E-state index in [4.69, 9.17) is 21.7 Å². The lowest BCUT2D eigenvalue weighted by Crippen LogP contribution is -2.34. The Hall–Kier alpha value is -2.60. The van der Waals surface area contributed by atoms with Crippen LogP contribution in [0.25, 0.3) is 0 Å². The van der Waals surface area contributed by atoms with Crippen molar-refractivity contribution in [1.29, 1.82) is 0 Å². The fourth-order valence-corrected chi connectivity index (χ4v) is 2.46. The zero-order chi connectivity index (χ0) is 19.6. The molecule has 0 aliphatic rings. The molecule has 5 nitrogen and oxygen atoms in total. The monoisotopic (exact) mass is 386 g/mol. The molecule has 0 aliphatic carbocycles. The summed E-state index contributed by atoms with van der Waals surface area (Å²) in [5, 5.41) is 5.91. The number of ether oxygens (including phenoxy) is 2. The van der Waals surface area contributed by atoms with Crippen molar-refractivity contribution >= 4 is 28.9 Å². The lowest BCUT2D eigenvalue weighted by atomic mass is 10.2. The van der Waals surface area contributed by atoms with Gasteiger partial charge in [0, 0.05) is 17.3 Å². The van der Waals surface area contributed by atoms with E-state index in [1.807, 2.05) is 44.2 Å². The van der Waals surface area contributed by atoms with Gasteiger partial charge < -0.3 is 14.8 Å². The third kappa shape index (κ3) is 6.90. The highest BCUT2D eigenvalue weighted by Gasteiger charge is 2.10. The minimum atomic E-state index is -0.291. The van der Waals surface area contributed by atoms with Gasteiger partial charge in [-0.25, -0.2) is 0 Å². The molecule has 2 rings (SSSR count). The van der Waals surface area contributed by atoms with Gasteiger partial charge in [0.05, 0.1) is 12.7 Å². The fraction of sp³-hybridized carbons (Fsp3) is 0.333. The number of nitrogens with one attached hydrogen (secondary N) is 2. The number of hydrogen-bond acceptors (Lipinski definition) is 4. The molecule has 0 saturated carbocycles. The summed E-state index contributed by atoms with van der Waals surface area (Å²) in [6.07, 6.45) is 1.92. The molecule has 2 N–H and O–H groups in total. The van der Waals surface area contributed by atoms with E-state index >= 15 is 0 Å². The molecule has 0 spiro atoms. The topological polar surface area (TPSA) is 59.6 Å². The van der Waals surface area contributed by atoms with Gasteiger partial charge in [-0.1, -0.05) is 26.0 Å². The minimum Gasteiger partial charge on any atom is -0.494 e. The molecule has 2 aromatic rings. The number of carbonyl (C=O) groups excluding carboxylic acids is 1. The molecule has 27 heavy (non-hydrogen) atoms. The summed E-state index contributed by atoms with van der Waals surface area (Å²) >= 11 is 5.25. The van der Waals surface area contributed by atoms with E-state index in [2.05, 4.69) is 17.6 Å². The summed E-state index contributed by atoms with van der Waals surface area (Å²) in [5.74, 6) is 1.13. The Morgan fingerprint density at radius 1 is 1.11 bits per heavy atom.